The zero-order valence-corrected chi connectivity index (χ0v) is 13.8. The second-order valence-electron chi connectivity index (χ2n) is 5.46. The molecule has 5 heteroatoms. The molecule has 1 aliphatic heterocycles. The normalized spacial score (nSPS) is 24.0. The molecule has 0 aliphatic carbocycles. The first-order valence-electron chi connectivity index (χ1n) is 7.79. The van der Waals surface area contributed by atoms with E-state index in [-0.39, 0.29) is 29.9 Å². The molecule has 0 saturated carbocycles. The van der Waals surface area contributed by atoms with Gasteiger partial charge in [-0.15, -0.1) is 11.3 Å². The van der Waals surface area contributed by atoms with Crippen molar-refractivity contribution in [1.29, 1.82) is 0 Å². The van der Waals surface area contributed by atoms with Gasteiger partial charge >= 0.3 is 0 Å². The molecule has 3 unspecified atom stereocenters. The molecule has 1 N–H and O–H groups in total. The summed E-state index contributed by atoms with van der Waals surface area (Å²) in [6.07, 6.45) is 3.17. The Labute approximate surface area is 130 Å². The molecule has 3 atom stereocenters. The van der Waals surface area contributed by atoms with Crippen molar-refractivity contribution in [3.63, 3.8) is 0 Å². The number of thiophene rings is 1. The van der Waals surface area contributed by atoms with Gasteiger partial charge in [-0.05, 0) is 30.7 Å². The molecule has 116 valence electrons. The molecule has 21 heavy (non-hydrogen) atoms. The minimum Gasteiger partial charge on any atom is -0.343 e. The fourth-order valence-corrected chi connectivity index (χ4v) is 3.85. The van der Waals surface area contributed by atoms with Gasteiger partial charge in [0.25, 0.3) is 0 Å². The number of hydrogen-bond donors (Lipinski definition) is 1. The minimum absolute atomic E-state index is 0.0124. The highest BCUT2D eigenvalue weighted by atomic mass is 32.1. The molecule has 1 saturated heterocycles. The standard InChI is InChI=1S/C16H24N2O2S/c1-4-8-13(14-9-7-10-21-14)18-12(6-3)15(19)17-11(5-2)16(18)20/h7,9-13H,4-6,8H2,1-3H3,(H,17,19). The van der Waals surface area contributed by atoms with E-state index in [9.17, 15) is 9.59 Å². The second kappa shape index (κ2) is 7.07. The third-order valence-corrected chi connectivity index (χ3v) is 5.05. The predicted octanol–water partition coefficient (Wildman–Crippen LogP) is 3.10. The Bertz CT molecular complexity index is 486. The summed E-state index contributed by atoms with van der Waals surface area (Å²) in [4.78, 5) is 28.1. The van der Waals surface area contributed by atoms with Crippen molar-refractivity contribution in [3.05, 3.63) is 22.4 Å². The van der Waals surface area contributed by atoms with Crippen molar-refractivity contribution in [2.24, 2.45) is 0 Å². The highest BCUT2D eigenvalue weighted by Gasteiger charge is 2.42. The van der Waals surface area contributed by atoms with Crippen LogP contribution in [0.3, 0.4) is 0 Å². The molecular weight excluding hydrogens is 284 g/mol. The molecule has 0 aromatic carbocycles. The fourth-order valence-electron chi connectivity index (χ4n) is 2.99. The van der Waals surface area contributed by atoms with Crippen LogP contribution in [-0.4, -0.2) is 28.8 Å². The van der Waals surface area contributed by atoms with E-state index in [0.717, 1.165) is 12.8 Å². The van der Waals surface area contributed by atoms with Crippen LogP contribution in [0.25, 0.3) is 0 Å². The van der Waals surface area contributed by atoms with Gasteiger partial charge in [0.05, 0.1) is 6.04 Å². The quantitative estimate of drug-likeness (QED) is 0.878. The Hall–Kier alpha value is -1.36. The number of piperazine rings is 1. The lowest BCUT2D eigenvalue weighted by Crippen LogP contribution is -2.63. The van der Waals surface area contributed by atoms with Gasteiger partial charge in [-0.3, -0.25) is 9.59 Å². The van der Waals surface area contributed by atoms with Gasteiger partial charge in [-0.2, -0.15) is 0 Å². The van der Waals surface area contributed by atoms with Crippen LogP contribution in [-0.2, 0) is 9.59 Å². The third-order valence-electron chi connectivity index (χ3n) is 4.07. The van der Waals surface area contributed by atoms with Crippen LogP contribution in [0.1, 0.15) is 57.4 Å². The van der Waals surface area contributed by atoms with Crippen molar-refractivity contribution in [2.45, 2.75) is 64.6 Å². The molecule has 1 aliphatic rings. The van der Waals surface area contributed by atoms with Gasteiger partial charge in [-0.1, -0.05) is 33.3 Å². The SMILES string of the molecule is CCCC(c1cccs1)N1C(=O)C(CC)NC(=O)C1CC. The van der Waals surface area contributed by atoms with Crippen LogP contribution in [0.4, 0.5) is 0 Å². The first kappa shape index (κ1) is 16.0. The summed E-state index contributed by atoms with van der Waals surface area (Å²) in [7, 11) is 0. The molecule has 2 rings (SSSR count). The van der Waals surface area contributed by atoms with Crippen molar-refractivity contribution < 1.29 is 9.59 Å². The maximum absolute atomic E-state index is 12.8. The monoisotopic (exact) mass is 308 g/mol. The number of hydrogen-bond acceptors (Lipinski definition) is 3. The molecular formula is C16H24N2O2S. The summed E-state index contributed by atoms with van der Waals surface area (Å²) in [6, 6.07) is 3.37. The summed E-state index contributed by atoms with van der Waals surface area (Å²) in [5, 5.41) is 4.89. The van der Waals surface area contributed by atoms with Crippen molar-refractivity contribution in [1.82, 2.24) is 10.2 Å². The summed E-state index contributed by atoms with van der Waals surface area (Å²) in [5.74, 6) is 0.0532. The highest BCUT2D eigenvalue weighted by Crippen LogP contribution is 2.33. The van der Waals surface area contributed by atoms with Crippen LogP contribution in [0.2, 0.25) is 0 Å². The van der Waals surface area contributed by atoms with Crippen molar-refractivity contribution >= 4 is 23.2 Å². The topological polar surface area (TPSA) is 49.4 Å². The van der Waals surface area contributed by atoms with E-state index in [2.05, 4.69) is 18.3 Å². The average Bonchev–Trinajstić information content (AvgIpc) is 3.00. The second-order valence-corrected chi connectivity index (χ2v) is 6.44. The maximum Gasteiger partial charge on any atom is 0.246 e. The number of carbonyl (C=O) groups excluding carboxylic acids is 2. The summed E-state index contributed by atoms with van der Waals surface area (Å²) in [6.45, 7) is 6.02. The van der Waals surface area contributed by atoms with Crippen LogP contribution >= 0.6 is 11.3 Å². The summed E-state index contributed by atoms with van der Waals surface area (Å²) >= 11 is 1.66. The van der Waals surface area contributed by atoms with Gasteiger partial charge in [0.1, 0.15) is 12.1 Å². The summed E-state index contributed by atoms with van der Waals surface area (Å²) < 4.78 is 0. The smallest absolute Gasteiger partial charge is 0.246 e. The summed E-state index contributed by atoms with van der Waals surface area (Å²) in [5.41, 5.74) is 0. The molecule has 0 spiro atoms. The first-order chi connectivity index (χ1) is 10.1. The van der Waals surface area contributed by atoms with Crippen molar-refractivity contribution in [2.75, 3.05) is 0 Å². The van der Waals surface area contributed by atoms with E-state index < -0.39 is 0 Å². The van der Waals surface area contributed by atoms with E-state index in [1.807, 2.05) is 30.2 Å². The van der Waals surface area contributed by atoms with Crippen LogP contribution in [0.5, 0.6) is 0 Å². The van der Waals surface area contributed by atoms with E-state index in [4.69, 9.17) is 0 Å². The predicted molar refractivity (Wildman–Crippen MR) is 85.1 cm³/mol. The van der Waals surface area contributed by atoms with E-state index >= 15 is 0 Å². The Morgan fingerprint density at radius 3 is 2.57 bits per heavy atom. The van der Waals surface area contributed by atoms with Gasteiger partial charge in [-0.25, -0.2) is 0 Å². The number of carbonyl (C=O) groups is 2. The minimum atomic E-state index is -0.375. The molecule has 1 fully saturated rings. The molecule has 2 amide bonds. The van der Waals surface area contributed by atoms with Crippen LogP contribution < -0.4 is 5.32 Å². The van der Waals surface area contributed by atoms with Crippen LogP contribution in [0.15, 0.2) is 17.5 Å². The first-order valence-corrected chi connectivity index (χ1v) is 8.67. The third kappa shape index (κ3) is 3.12. The van der Waals surface area contributed by atoms with Crippen molar-refractivity contribution in [3.8, 4) is 0 Å². The number of rotatable bonds is 6. The van der Waals surface area contributed by atoms with Crippen LogP contribution in [0, 0.1) is 0 Å². The molecule has 0 radical (unpaired) electrons. The lowest BCUT2D eigenvalue weighted by Gasteiger charge is -2.43. The molecule has 2 heterocycles. The molecule has 4 nitrogen and oxygen atoms in total. The number of nitrogens with zero attached hydrogens (tertiary/aromatic N) is 1. The zero-order valence-electron chi connectivity index (χ0n) is 13.0. The molecule has 1 aromatic rings. The lowest BCUT2D eigenvalue weighted by atomic mass is 9.97. The van der Waals surface area contributed by atoms with E-state index in [1.54, 1.807) is 11.3 Å². The largest absolute Gasteiger partial charge is 0.343 e. The van der Waals surface area contributed by atoms with Gasteiger partial charge in [0, 0.05) is 4.88 Å². The highest BCUT2D eigenvalue weighted by molar-refractivity contribution is 7.10. The fraction of sp³-hybridized carbons (Fsp3) is 0.625. The number of nitrogens with one attached hydrogen (secondary N) is 1. The Kier molecular flexibility index (Phi) is 5.39. The van der Waals surface area contributed by atoms with E-state index in [1.165, 1.54) is 4.88 Å². The Balaban J connectivity index is 2.37. The van der Waals surface area contributed by atoms with Gasteiger partial charge in [0.2, 0.25) is 11.8 Å². The Morgan fingerprint density at radius 2 is 2.05 bits per heavy atom. The van der Waals surface area contributed by atoms with Gasteiger partial charge < -0.3 is 10.2 Å². The van der Waals surface area contributed by atoms with E-state index in [0.29, 0.717) is 12.8 Å². The molecule has 0 bridgehead atoms. The molecule has 1 aromatic heterocycles. The number of amides is 2. The maximum atomic E-state index is 12.8. The Morgan fingerprint density at radius 1 is 1.29 bits per heavy atom. The lowest BCUT2D eigenvalue weighted by molar-refractivity contribution is -0.152. The van der Waals surface area contributed by atoms with Gasteiger partial charge in [0.15, 0.2) is 0 Å². The zero-order chi connectivity index (χ0) is 15.4. The average molecular weight is 308 g/mol.